The quantitative estimate of drug-likeness (QED) is 0.631. The van der Waals surface area contributed by atoms with Crippen molar-refractivity contribution < 1.29 is 9.50 Å². The maximum atomic E-state index is 14.2. The number of anilines is 1. The maximum absolute atomic E-state index is 14.2. The maximum Gasteiger partial charge on any atom is 0.193 e. The number of benzene rings is 2. The molecule has 5 nitrogen and oxygen atoms in total. The van der Waals surface area contributed by atoms with E-state index in [9.17, 15) is 9.50 Å². The van der Waals surface area contributed by atoms with Crippen LogP contribution in [0.4, 0.5) is 10.1 Å². The van der Waals surface area contributed by atoms with Crippen LogP contribution in [-0.2, 0) is 5.41 Å². The topological polar surface area (TPSA) is 51.1 Å². The second-order valence-corrected chi connectivity index (χ2v) is 7.62. The van der Waals surface area contributed by atoms with Gasteiger partial charge >= 0.3 is 0 Å². The number of hydrogen-bond acceptors (Lipinski definition) is 3. The number of aliphatic imine (C=N–C) groups is 1. The molecule has 148 valence electrons. The smallest absolute Gasteiger partial charge is 0.193 e. The highest BCUT2D eigenvalue weighted by Crippen LogP contribution is 2.48. The first-order chi connectivity index (χ1) is 13.6. The summed E-state index contributed by atoms with van der Waals surface area (Å²) in [6.45, 7) is 3.97. The van der Waals surface area contributed by atoms with Gasteiger partial charge in [-0.2, -0.15) is 0 Å². The lowest BCUT2D eigenvalue weighted by Crippen LogP contribution is -2.53. The third-order valence-corrected chi connectivity index (χ3v) is 5.90. The molecule has 4 rings (SSSR count). The number of rotatable bonds is 4. The highest BCUT2D eigenvalue weighted by Gasteiger charge is 2.46. The number of phenols is 1. The minimum Gasteiger partial charge on any atom is -0.506 e. The van der Waals surface area contributed by atoms with Crippen LogP contribution in [0.5, 0.6) is 5.75 Å². The number of halogens is 1. The van der Waals surface area contributed by atoms with Crippen LogP contribution >= 0.6 is 0 Å². The lowest BCUT2D eigenvalue weighted by Gasteiger charge is -2.38. The van der Waals surface area contributed by atoms with Crippen LogP contribution in [0.2, 0.25) is 0 Å². The fraction of sp³-hybridized carbons (Fsp3) is 0.409. The molecule has 6 heteroatoms. The van der Waals surface area contributed by atoms with E-state index in [0.717, 1.165) is 56.2 Å². The largest absolute Gasteiger partial charge is 0.506 e. The first kappa shape index (κ1) is 18.6. The zero-order valence-electron chi connectivity index (χ0n) is 16.2. The van der Waals surface area contributed by atoms with Crippen molar-refractivity contribution in [3.8, 4) is 5.75 Å². The second kappa shape index (κ2) is 7.70. The van der Waals surface area contributed by atoms with Gasteiger partial charge in [-0.3, -0.25) is 4.99 Å². The predicted octanol–water partition coefficient (Wildman–Crippen LogP) is 2.96. The summed E-state index contributed by atoms with van der Waals surface area (Å²) >= 11 is 0. The lowest BCUT2D eigenvalue weighted by atomic mass is 9.95. The van der Waals surface area contributed by atoms with Crippen molar-refractivity contribution in [2.45, 2.75) is 18.3 Å². The molecule has 2 aromatic rings. The molecule has 1 aliphatic heterocycles. The van der Waals surface area contributed by atoms with E-state index in [2.05, 4.69) is 20.1 Å². The van der Waals surface area contributed by atoms with Crippen molar-refractivity contribution in [3.63, 3.8) is 0 Å². The van der Waals surface area contributed by atoms with Crippen molar-refractivity contribution in [1.29, 1.82) is 0 Å². The summed E-state index contributed by atoms with van der Waals surface area (Å²) in [5, 5.41) is 13.5. The summed E-state index contributed by atoms with van der Waals surface area (Å²) < 4.78 is 14.2. The molecule has 1 heterocycles. The van der Waals surface area contributed by atoms with E-state index in [1.807, 2.05) is 30.3 Å². The molecule has 0 radical (unpaired) electrons. The Kier molecular flexibility index (Phi) is 5.11. The Morgan fingerprint density at radius 3 is 2.39 bits per heavy atom. The Morgan fingerprint density at radius 1 is 1.07 bits per heavy atom. The number of piperazine rings is 1. The van der Waals surface area contributed by atoms with Gasteiger partial charge in [0.05, 0.1) is 5.69 Å². The Balaban J connectivity index is 1.36. The summed E-state index contributed by atoms with van der Waals surface area (Å²) in [4.78, 5) is 8.87. The van der Waals surface area contributed by atoms with Crippen LogP contribution in [0.15, 0.2) is 53.5 Å². The molecule has 2 aliphatic rings. The standard InChI is InChI=1S/C22H27FN4O/c1-24-21(25-16-22(10-11-22)17-6-2-3-7-18(17)23)27-14-12-26(13-15-27)19-8-4-5-9-20(19)28/h2-9,28H,10-16H2,1H3,(H,24,25). The SMILES string of the molecule is CN=C(NCC1(c2ccccc2F)CC1)N1CCN(c2ccccc2O)CC1. The first-order valence-electron chi connectivity index (χ1n) is 9.86. The van der Waals surface area contributed by atoms with Crippen LogP contribution in [0, 0.1) is 5.82 Å². The van der Waals surface area contributed by atoms with Gasteiger partial charge in [-0.05, 0) is 36.6 Å². The van der Waals surface area contributed by atoms with Gasteiger partial charge in [0.1, 0.15) is 11.6 Å². The molecule has 1 saturated carbocycles. The monoisotopic (exact) mass is 382 g/mol. The van der Waals surface area contributed by atoms with Gasteiger partial charge in [0.2, 0.25) is 0 Å². The summed E-state index contributed by atoms with van der Waals surface area (Å²) in [5.41, 5.74) is 1.57. The van der Waals surface area contributed by atoms with Crippen molar-refractivity contribution in [2.24, 2.45) is 4.99 Å². The fourth-order valence-electron chi connectivity index (χ4n) is 4.05. The number of nitrogens with one attached hydrogen (secondary N) is 1. The van der Waals surface area contributed by atoms with Crippen molar-refractivity contribution in [3.05, 3.63) is 59.9 Å². The van der Waals surface area contributed by atoms with Crippen LogP contribution in [0.1, 0.15) is 18.4 Å². The minimum absolute atomic E-state index is 0.112. The van der Waals surface area contributed by atoms with Crippen molar-refractivity contribution in [2.75, 3.05) is 44.7 Å². The molecule has 1 saturated heterocycles. The predicted molar refractivity (Wildman–Crippen MR) is 111 cm³/mol. The average Bonchev–Trinajstić information content (AvgIpc) is 3.51. The molecule has 2 fully saturated rings. The van der Waals surface area contributed by atoms with E-state index in [1.54, 1.807) is 25.2 Å². The van der Waals surface area contributed by atoms with Crippen LogP contribution < -0.4 is 10.2 Å². The first-order valence-corrected chi connectivity index (χ1v) is 9.86. The fourth-order valence-corrected chi connectivity index (χ4v) is 4.05. The second-order valence-electron chi connectivity index (χ2n) is 7.62. The van der Waals surface area contributed by atoms with E-state index in [1.165, 1.54) is 0 Å². The van der Waals surface area contributed by atoms with Gasteiger partial charge in [-0.25, -0.2) is 4.39 Å². The molecule has 0 amide bonds. The molecule has 2 N–H and O–H groups in total. The van der Waals surface area contributed by atoms with Gasteiger partial charge in [-0.15, -0.1) is 0 Å². The Bertz CT molecular complexity index is 857. The number of para-hydroxylation sites is 2. The number of aromatic hydroxyl groups is 1. The number of hydrogen-bond donors (Lipinski definition) is 2. The van der Waals surface area contributed by atoms with Gasteiger partial charge in [-0.1, -0.05) is 30.3 Å². The van der Waals surface area contributed by atoms with Gasteiger partial charge in [0, 0.05) is 45.2 Å². The minimum atomic E-state index is -0.118. The zero-order valence-corrected chi connectivity index (χ0v) is 16.2. The molecule has 2 aromatic carbocycles. The van der Waals surface area contributed by atoms with Crippen molar-refractivity contribution >= 4 is 11.6 Å². The van der Waals surface area contributed by atoms with Crippen molar-refractivity contribution in [1.82, 2.24) is 10.2 Å². The molecule has 0 unspecified atom stereocenters. The average molecular weight is 382 g/mol. The Morgan fingerprint density at radius 2 is 1.75 bits per heavy atom. The molecular formula is C22H27FN4O. The third kappa shape index (κ3) is 3.63. The molecule has 0 spiro atoms. The van der Waals surface area contributed by atoms with Crippen LogP contribution in [-0.4, -0.2) is 55.7 Å². The highest BCUT2D eigenvalue weighted by atomic mass is 19.1. The Hall–Kier alpha value is -2.76. The van der Waals surface area contributed by atoms with E-state index in [0.29, 0.717) is 12.3 Å². The van der Waals surface area contributed by atoms with Gasteiger partial charge < -0.3 is 20.2 Å². The molecular weight excluding hydrogens is 355 g/mol. The molecule has 0 aromatic heterocycles. The van der Waals surface area contributed by atoms with Crippen LogP contribution in [0.3, 0.4) is 0 Å². The number of nitrogens with zero attached hydrogens (tertiary/aromatic N) is 3. The van der Waals surface area contributed by atoms with Gasteiger partial charge in [0.15, 0.2) is 5.96 Å². The summed E-state index contributed by atoms with van der Waals surface area (Å²) in [6.07, 6.45) is 2.00. The zero-order chi connectivity index (χ0) is 19.6. The Labute approximate surface area is 165 Å². The molecule has 0 bridgehead atoms. The molecule has 28 heavy (non-hydrogen) atoms. The molecule has 1 aliphatic carbocycles. The third-order valence-electron chi connectivity index (χ3n) is 5.90. The van der Waals surface area contributed by atoms with E-state index >= 15 is 0 Å². The van der Waals surface area contributed by atoms with E-state index in [4.69, 9.17) is 0 Å². The van der Waals surface area contributed by atoms with E-state index < -0.39 is 0 Å². The van der Waals surface area contributed by atoms with E-state index in [-0.39, 0.29) is 11.2 Å². The summed E-state index contributed by atoms with van der Waals surface area (Å²) in [5.74, 6) is 1.06. The number of phenolic OH excluding ortho intramolecular Hbond substituents is 1. The van der Waals surface area contributed by atoms with Crippen LogP contribution in [0.25, 0.3) is 0 Å². The van der Waals surface area contributed by atoms with Gasteiger partial charge in [0.25, 0.3) is 0 Å². The normalized spacial score (nSPS) is 18.9. The lowest BCUT2D eigenvalue weighted by molar-refractivity contribution is 0.367. The highest BCUT2D eigenvalue weighted by molar-refractivity contribution is 5.80. The summed E-state index contributed by atoms with van der Waals surface area (Å²) in [7, 11) is 1.79. The molecule has 0 atom stereocenters. The number of guanidine groups is 1. The summed E-state index contributed by atoms with van der Waals surface area (Å²) in [6, 6.07) is 14.5.